The van der Waals surface area contributed by atoms with Gasteiger partial charge in [-0.2, -0.15) is 0 Å². The predicted molar refractivity (Wildman–Crippen MR) is 225 cm³/mol. The van der Waals surface area contributed by atoms with Crippen molar-refractivity contribution in [1.82, 2.24) is 9.80 Å². The van der Waals surface area contributed by atoms with Crippen molar-refractivity contribution in [3.63, 3.8) is 0 Å². The molecule has 0 saturated carbocycles. The second-order valence-corrected chi connectivity index (χ2v) is 16.4. The first-order valence-corrected chi connectivity index (χ1v) is 21.4. The summed E-state index contributed by atoms with van der Waals surface area (Å²) in [5.74, 6) is 5.09. The van der Waals surface area contributed by atoms with E-state index in [0.29, 0.717) is 35.7 Å². The third-order valence-corrected chi connectivity index (χ3v) is 12.9. The molecule has 59 heavy (non-hydrogen) atoms. The van der Waals surface area contributed by atoms with Crippen molar-refractivity contribution in [2.75, 3.05) is 31.6 Å². The molecular formula is C50H51N3O6. The van der Waals surface area contributed by atoms with Crippen LogP contribution in [0.25, 0.3) is 0 Å². The van der Waals surface area contributed by atoms with E-state index >= 15 is 14.4 Å². The minimum absolute atomic E-state index is 0.0818. The van der Waals surface area contributed by atoms with Crippen molar-refractivity contribution in [3.8, 4) is 17.6 Å². The number of hydrogen-bond acceptors (Lipinski definition) is 7. The molecule has 0 bridgehead atoms. The maximum absolute atomic E-state index is 15.8. The lowest BCUT2D eigenvalue weighted by Crippen LogP contribution is -2.55. The number of anilines is 1. The average Bonchev–Trinajstić information content (AvgIpc) is 3.74. The van der Waals surface area contributed by atoms with Crippen LogP contribution in [0, 0.1) is 17.8 Å². The molecule has 9 rings (SSSR count). The van der Waals surface area contributed by atoms with E-state index in [2.05, 4.69) is 28.1 Å². The predicted octanol–water partition coefficient (Wildman–Crippen LogP) is 7.97. The Bertz CT molecular complexity index is 2290. The standard InChI is InChI=1S/C50H51N3O6/c54-30-31-58-39-23-15-22-38(33-39)46-50(40-32-35(26-27-41(40)51-49(50)57)25-24-34-16-7-4-8-17-34)42(47(55)52-28-13-2-1-3-14-29-52)44-48(56)59-45(37-20-11-6-12-21-37)43(53(44)46)36-18-9-5-10-19-36/h5-6,9-12,15-16,18-23,26-27,32-33,42-46,54H,1-4,7-8,13-14,17,28-31H2,(H,51,57)/t42-,43-,44-,45+,46+,50-/m0/s1. The molecule has 5 aliphatic rings. The van der Waals surface area contributed by atoms with Crippen LogP contribution in [0.3, 0.4) is 0 Å². The topological polar surface area (TPSA) is 108 Å². The van der Waals surface area contributed by atoms with Gasteiger partial charge in [-0.25, -0.2) is 0 Å². The van der Waals surface area contributed by atoms with E-state index in [0.717, 1.165) is 80.1 Å². The lowest BCUT2D eigenvalue weighted by atomic mass is 9.65. The van der Waals surface area contributed by atoms with Crippen molar-refractivity contribution < 1.29 is 29.0 Å². The zero-order valence-corrected chi connectivity index (χ0v) is 33.4. The molecule has 9 nitrogen and oxygen atoms in total. The summed E-state index contributed by atoms with van der Waals surface area (Å²) in [5.41, 5.74) is 3.92. The number of likely N-dealkylation sites (tertiary alicyclic amines) is 1. The molecule has 4 aliphatic heterocycles. The fourth-order valence-corrected chi connectivity index (χ4v) is 10.4. The molecular weight excluding hydrogens is 739 g/mol. The van der Waals surface area contributed by atoms with E-state index in [1.54, 1.807) is 0 Å². The van der Waals surface area contributed by atoms with Gasteiger partial charge >= 0.3 is 5.97 Å². The number of allylic oxidation sites excluding steroid dienone is 2. The maximum atomic E-state index is 15.8. The van der Waals surface area contributed by atoms with Crippen LogP contribution in [0.15, 0.2) is 115 Å². The van der Waals surface area contributed by atoms with Crippen LogP contribution in [0.4, 0.5) is 5.69 Å². The first-order chi connectivity index (χ1) is 29.0. The Kier molecular flexibility index (Phi) is 11.1. The number of amides is 2. The third kappa shape index (κ3) is 7.13. The lowest BCUT2D eigenvalue weighted by Gasteiger charge is -2.46. The minimum atomic E-state index is -1.59. The van der Waals surface area contributed by atoms with E-state index in [-0.39, 0.29) is 25.0 Å². The number of nitrogens with zero attached hydrogens (tertiary/aromatic N) is 2. The Morgan fingerprint density at radius 2 is 1.53 bits per heavy atom. The molecule has 4 aromatic carbocycles. The summed E-state index contributed by atoms with van der Waals surface area (Å²) >= 11 is 0. The molecule has 6 atom stereocenters. The van der Waals surface area contributed by atoms with Gasteiger partial charge in [0.1, 0.15) is 29.9 Å². The van der Waals surface area contributed by atoms with Crippen LogP contribution < -0.4 is 10.1 Å². The Morgan fingerprint density at radius 1 is 0.797 bits per heavy atom. The highest BCUT2D eigenvalue weighted by molar-refractivity contribution is 6.12. The molecule has 3 fully saturated rings. The monoisotopic (exact) mass is 789 g/mol. The van der Waals surface area contributed by atoms with Crippen LogP contribution in [0.5, 0.6) is 5.75 Å². The molecule has 4 aromatic rings. The Morgan fingerprint density at radius 3 is 2.25 bits per heavy atom. The van der Waals surface area contributed by atoms with Crippen molar-refractivity contribution in [2.45, 2.75) is 87.4 Å². The molecule has 0 unspecified atom stereocenters. The number of ether oxygens (including phenoxy) is 2. The lowest BCUT2D eigenvalue weighted by molar-refractivity contribution is -0.179. The molecule has 302 valence electrons. The van der Waals surface area contributed by atoms with Gasteiger partial charge in [-0.15, -0.1) is 0 Å². The number of fused-ring (bicyclic) bond motifs is 3. The van der Waals surface area contributed by atoms with E-state index in [1.165, 1.54) is 0 Å². The molecule has 1 aliphatic carbocycles. The third-order valence-electron chi connectivity index (χ3n) is 12.9. The molecule has 2 amide bonds. The highest BCUT2D eigenvalue weighted by Gasteiger charge is 2.74. The van der Waals surface area contributed by atoms with E-state index in [4.69, 9.17) is 9.47 Å². The number of esters is 1. The summed E-state index contributed by atoms with van der Waals surface area (Å²) < 4.78 is 12.6. The van der Waals surface area contributed by atoms with Crippen LogP contribution in [-0.2, 0) is 24.5 Å². The summed E-state index contributed by atoms with van der Waals surface area (Å²) in [4.78, 5) is 50.7. The number of benzene rings is 4. The highest BCUT2D eigenvalue weighted by atomic mass is 16.6. The number of carbonyl (C=O) groups excluding carboxylic acids is 3. The van der Waals surface area contributed by atoms with Crippen molar-refractivity contribution in [2.24, 2.45) is 5.92 Å². The Balaban J connectivity index is 1.32. The van der Waals surface area contributed by atoms with Gasteiger partial charge in [0.05, 0.1) is 24.6 Å². The molecule has 2 N–H and O–H groups in total. The number of morpholine rings is 1. The largest absolute Gasteiger partial charge is 0.491 e. The highest BCUT2D eigenvalue weighted by Crippen LogP contribution is 2.65. The molecule has 0 radical (unpaired) electrons. The second-order valence-electron chi connectivity index (χ2n) is 16.4. The number of nitrogens with one attached hydrogen (secondary N) is 1. The zero-order chi connectivity index (χ0) is 40.3. The van der Waals surface area contributed by atoms with Gasteiger partial charge in [0.15, 0.2) is 0 Å². The normalized spacial score (nSPS) is 26.6. The van der Waals surface area contributed by atoms with Crippen molar-refractivity contribution in [3.05, 3.63) is 143 Å². The van der Waals surface area contributed by atoms with Crippen LogP contribution in [0.1, 0.15) is 104 Å². The van der Waals surface area contributed by atoms with Crippen molar-refractivity contribution >= 4 is 23.5 Å². The smallest absolute Gasteiger partial charge is 0.324 e. The Labute approximate surface area is 346 Å². The summed E-state index contributed by atoms with van der Waals surface area (Å²) in [6, 6.07) is 30.5. The summed E-state index contributed by atoms with van der Waals surface area (Å²) in [5, 5.41) is 12.9. The first kappa shape index (κ1) is 38.8. The Hall–Kier alpha value is -5.69. The zero-order valence-electron chi connectivity index (χ0n) is 33.4. The van der Waals surface area contributed by atoms with Gasteiger partial charge in [0.2, 0.25) is 11.8 Å². The molecule has 3 saturated heterocycles. The minimum Gasteiger partial charge on any atom is -0.491 e. The van der Waals surface area contributed by atoms with E-state index in [1.807, 2.05) is 108 Å². The van der Waals surface area contributed by atoms with Gasteiger partial charge in [-0.3, -0.25) is 19.3 Å². The number of rotatable bonds is 7. The van der Waals surface area contributed by atoms with Gasteiger partial charge in [0, 0.05) is 24.3 Å². The van der Waals surface area contributed by atoms with Crippen LogP contribution >= 0.6 is 0 Å². The fourth-order valence-electron chi connectivity index (χ4n) is 10.4. The summed E-state index contributed by atoms with van der Waals surface area (Å²) in [6.07, 6.45) is 10.5. The van der Waals surface area contributed by atoms with Crippen LogP contribution in [-0.4, -0.2) is 65.0 Å². The summed E-state index contributed by atoms with van der Waals surface area (Å²) in [7, 11) is 0. The molecule has 1 spiro atoms. The summed E-state index contributed by atoms with van der Waals surface area (Å²) in [6.45, 7) is 1.01. The maximum Gasteiger partial charge on any atom is 0.324 e. The quantitative estimate of drug-likeness (QED) is 0.145. The van der Waals surface area contributed by atoms with Crippen LogP contribution in [0.2, 0.25) is 0 Å². The molecule has 0 aromatic heterocycles. The second kappa shape index (κ2) is 16.9. The molecule has 9 heteroatoms. The number of carbonyl (C=O) groups is 3. The SMILES string of the molecule is O=C1O[C@H](c2ccccc2)[C@H](c2ccccc2)N2[C@H]1[C@@H](C(=O)N1CCCCCCC1)[C@]1(C(=O)Nc3ccc(C#CC4=CCCCC4)cc31)[C@H]2c1cccc(OCCO)c1. The number of cyclic esters (lactones) is 1. The average molecular weight is 790 g/mol. The fraction of sp³-hybridized carbons (Fsp3) is 0.380. The number of aliphatic hydroxyl groups excluding tert-OH is 1. The van der Waals surface area contributed by atoms with E-state index < -0.39 is 41.5 Å². The van der Waals surface area contributed by atoms with Crippen molar-refractivity contribution in [1.29, 1.82) is 0 Å². The number of hydrogen-bond donors (Lipinski definition) is 2. The van der Waals surface area contributed by atoms with E-state index in [9.17, 15) is 5.11 Å². The first-order valence-electron chi connectivity index (χ1n) is 21.4. The molecule has 4 heterocycles. The van der Waals surface area contributed by atoms with Gasteiger partial charge < -0.3 is 24.8 Å². The van der Waals surface area contributed by atoms with Gasteiger partial charge in [-0.1, -0.05) is 110 Å². The van der Waals surface area contributed by atoms with Gasteiger partial charge in [-0.05, 0) is 96.7 Å². The van der Waals surface area contributed by atoms with Gasteiger partial charge in [0.25, 0.3) is 0 Å². The number of aliphatic hydroxyl groups is 1.